The Kier molecular flexibility index (Phi) is 6.52. The Balaban J connectivity index is 1.41. The molecule has 1 saturated carbocycles. The maximum absolute atomic E-state index is 12.4. The highest BCUT2D eigenvalue weighted by Crippen LogP contribution is 2.38. The first-order valence-electron chi connectivity index (χ1n) is 10.7. The molecule has 0 aromatic carbocycles. The number of nitrogens with one attached hydrogen (secondary N) is 2. The highest BCUT2D eigenvalue weighted by molar-refractivity contribution is 7.97. The molecule has 0 unspecified atom stereocenters. The minimum absolute atomic E-state index is 0.173. The number of amides is 2. The van der Waals surface area contributed by atoms with Crippen LogP contribution in [0.25, 0.3) is 11.3 Å². The molecule has 1 atom stereocenters. The summed E-state index contributed by atoms with van der Waals surface area (Å²) in [6.45, 7) is 3.52. The second kappa shape index (κ2) is 9.32. The van der Waals surface area contributed by atoms with Crippen molar-refractivity contribution >= 4 is 24.3 Å². The van der Waals surface area contributed by atoms with E-state index < -0.39 is 5.54 Å². The maximum atomic E-state index is 12.4. The summed E-state index contributed by atoms with van der Waals surface area (Å²) in [6, 6.07) is 2.14. The quantitative estimate of drug-likeness (QED) is 0.455. The van der Waals surface area contributed by atoms with Crippen LogP contribution < -0.4 is 10.6 Å². The molecular weight excluding hydrogens is 412 g/mol. The van der Waals surface area contributed by atoms with Crippen LogP contribution in [0.15, 0.2) is 24.7 Å². The average molecular weight is 441 g/mol. The van der Waals surface area contributed by atoms with Gasteiger partial charge < -0.3 is 10.6 Å². The van der Waals surface area contributed by atoms with E-state index in [0.717, 1.165) is 36.6 Å². The number of carbonyl (C=O) groups excluding carboxylic acids is 2. The lowest BCUT2D eigenvalue weighted by Gasteiger charge is -2.34. The number of pyridine rings is 1. The zero-order chi connectivity index (χ0) is 21.8. The third-order valence-corrected chi connectivity index (χ3v) is 7.36. The summed E-state index contributed by atoms with van der Waals surface area (Å²) in [4.78, 5) is 37.1. The molecule has 164 valence electrons. The molecular formula is C22H28N6O2S. The third kappa shape index (κ3) is 4.72. The Morgan fingerprint density at radius 3 is 2.68 bits per heavy atom. The van der Waals surface area contributed by atoms with Crippen LogP contribution in [0.4, 0.5) is 0 Å². The van der Waals surface area contributed by atoms with Gasteiger partial charge in [0.2, 0.25) is 12.3 Å². The second-order valence-corrected chi connectivity index (χ2v) is 9.17. The minimum Gasteiger partial charge on any atom is -0.357 e. The Labute approximate surface area is 186 Å². The molecule has 8 nitrogen and oxygen atoms in total. The third-order valence-electron chi connectivity index (χ3n) is 6.06. The number of aromatic nitrogens is 3. The van der Waals surface area contributed by atoms with E-state index in [9.17, 15) is 9.59 Å². The molecule has 0 saturated heterocycles. The molecule has 2 amide bonds. The molecule has 31 heavy (non-hydrogen) atoms. The smallest absolute Gasteiger partial charge is 0.246 e. The van der Waals surface area contributed by atoms with Crippen molar-refractivity contribution in [2.24, 2.45) is 0 Å². The van der Waals surface area contributed by atoms with E-state index in [4.69, 9.17) is 0 Å². The minimum atomic E-state index is -0.907. The molecule has 0 spiro atoms. The van der Waals surface area contributed by atoms with Gasteiger partial charge in [-0.25, -0.2) is 14.3 Å². The van der Waals surface area contributed by atoms with E-state index in [2.05, 4.69) is 36.0 Å². The van der Waals surface area contributed by atoms with E-state index >= 15 is 0 Å². The number of likely N-dealkylation sites (N-methyl/N-ethyl adjacent to an activating group) is 1. The van der Waals surface area contributed by atoms with Gasteiger partial charge >= 0.3 is 0 Å². The standard InChI is InChI=1S/C22H28N6O2S/c1-3-22(27-14-29,21(30)23-2)13-31-28-7-6-16-8-19(24-11-18(16)12-28)17-9-25-20(26-10-17)15-4-5-15/h8-11,14-15H,3-7,12-13H2,1-2H3,(H,23,30)(H,27,29)/t22-/m1/s1. The Morgan fingerprint density at radius 1 is 1.26 bits per heavy atom. The zero-order valence-electron chi connectivity index (χ0n) is 17.9. The summed E-state index contributed by atoms with van der Waals surface area (Å²) in [5.74, 6) is 1.80. The molecule has 9 heteroatoms. The Morgan fingerprint density at radius 2 is 2.03 bits per heavy atom. The van der Waals surface area contributed by atoms with E-state index in [1.165, 1.54) is 24.0 Å². The summed E-state index contributed by atoms with van der Waals surface area (Å²) in [6.07, 6.45) is 10.1. The molecule has 1 aliphatic heterocycles. The number of hydrogen-bond donors (Lipinski definition) is 2. The van der Waals surface area contributed by atoms with Crippen LogP contribution in [0, 0.1) is 0 Å². The number of fused-ring (bicyclic) bond motifs is 1. The van der Waals surface area contributed by atoms with Gasteiger partial charge in [0.1, 0.15) is 11.4 Å². The van der Waals surface area contributed by atoms with Crippen LogP contribution in [-0.2, 0) is 22.6 Å². The normalized spacial score (nSPS) is 18.0. The molecule has 4 rings (SSSR count). The fourth-order valence-corrected chi connectivity index (χ4v) is 5.07. The molecule has 2 aliphatic rings. The van der Waals surface area contributed by atoms with Crippen LogP contribution in [0.3, 0.4) is 0 Å². The van der Waals surface area contributed by atoms with Crippen molar-refractivity contribution in [3.8, 4) is 11.3 Å². The number of carbonyl (C=O) groups is 2. The molecule has 2 aromatic heterocycles. The van der Waals surface area contributed by atoms with E-state index in [1.807, 2.05) is 25.5 Å². The number of nitrogens with zero attached hydrogens (tertiary/aromatic N) is 4. The first-order valence-corrected chi connectivity index (χ1v) is 11.6. The summed E-state index contributed by atoms with van der Waals surface area (Å²) in [5, 5.41) is 5.40. The van der Waals surface area contributed by atoms with Crippen LogP contribution in [0.5, 0.6) is 0 Å². The van der Waals surface area contributed by atoms with Crippen molar-refractivity contribution in [2.75, 3.05) is 19.3 Å². The van der Waals surface area contributed by atoms with E-state index in [-0.39, 0.29) is 5.91 Å². The predicted octanol–water partition coefficient (Wildman–Crippen LogP) is 2.06. The van der Waals surface area contributed by atoms with Crippen LogP contribution >= 0.6 is 11.9 Å². The lowest BCUT2D eigenvalue weighted by Crippen LogP contribution is -2.57. The largest absolute Gasteiger partial charge is 0.357 e. The molecule has 0 radical (unpaired) electrons. The lowest BCUT2D eigenvalue weighted by molar-refractivity contribution is -0.129. The maximum Gasteiger partial charge on any atom is 0.246 e. The van der Waals surface area contributed by atoms with Gasteiger partial charge in [0.25, 0.3) is 0 Å². The van der Waals surface area contributed by atoms with Gasteiger partial charge in [-0.2, -0.15) is 0 Å². The van der Waals surface area contributed by atoms with Crippen LogP contribution in [-0.4, -0.2) is 56.5 Å². The number of rotatable bonds is 9. The van der Waals surface area contributed by atoms with Crippen molar-refractivity contribution in [1.82, 2.24) is 29.9 Å². The molecule has 1 aliphatic carbocycles. The van der Waals surface area contributed by atoms with Gasteiger partial charge in [-0.1, -0.05) is 18.9 Å². The second-order valence-electron chi connectivity index (χ2n) is 8.11. The summed E-state index contributed by atoms with van der Waals surface area (Å²) < 4.78 is 2.23. The lowest BCUT2D eigenvalue weighted by atomic mass is 9.98. The Hall–Kier alpha value is -2.52. The zero-order valence-corrected chi connectivity index (χ0v) is 18.7. The fourth-order valence-electron chi connectivity index (χ4n) is 3.80. The van der Waals surface area contributed by atoms with Crippen molar-refractivity contribution in [1.29, 1.82) is 0 Å². The predicted molar refractivity (Wildman–Crippen MR) is 120 cm³/mol. The van der Waals surface area contributed by atoms with Gasteiger partial charge in [-0.05, 0) is 42.9 Å². The van der Waals surface area contributed by atoms with E-state index in [0.29, 0.717) is 24.5 Å². The number of hydrogen-bond acceptors (Lipinski definition) is 7. The molecule has 2 N–H and O–H groups in total. The molecule has 3 heterocycles. The van der Waals surface area contributed by atoms with Crippen molar-refractivity contribution in [3.05, 3.63) is 41.6 Å². The van der Waals surface area contributed by atoms with Gasteiger partial charge in [0, 0.05) is 56.0 Å². The van der Waals surface area contributed by atoms with E-state index in [1.54, 1.807) is 19.0 Å². The van der Waals surface area contributed by atoms with Gasteiger partial charge in [-0.3, -0.25) is 14.6 Å². The average Bonchev–Trinajstić information content (AvgIpc) is 3.66. The highest BCUT2D eigenvalue weighted by atomic mass is 32.2. The SMILES string of the molecule is CC[C@](CSN1CCc2cc(-c3cnc(C4CC4)nc3)ncc2C1)(NC=O)C(=O)NC. The highest BCUT2D eigenvalue weighted by Gasteiger charge is 2.36. The fraction of sp³-hybridized carbons (Fsp3) is 0.500. The molecule has 0 bridgehead atoms. The van der Waals surface area contributed by atoms with Crippen LogP contribution in [0.2, 0.25) is 0 Å². The van der Waals surface area contributed by atoms with Crippen molar-refractivity contribution < 1.29 is 9.59 Å². The van der Waals surface area contributed by atoms with Gasteiger partial charge in [-0.15, -0.1) is 0 Å². The first-order chi connectivity index (χ1) is 15.1. The molecule has 1 fully saturated rings. The van der Waals surface area contributed by atoms with Crippen molar-refractivity contribution in [2.45, 2.75) is 50.6 Å². The Bertz CT molecular complexity index is 950. The first kappa shape index (κ1) is 21.7. The molecule has 2 aromatic rings. The van der Waals surface area contributed by atoms with Crippen LogP contribution in [0.1, 0.15) is 49.1 Å². The summed E-state index contributed by atoms with van der Waals surface area (Å²) in [5.41, 5.74) is 3.41. The topological polar surface area (TPSA) is 100 Å². The van der Waals surface area contributed by atoms with Gasteiger partial charge in [0.15, 0.2) is 0 Å². The van der Waals surface area contributed by atoms with Gasteiger partial charge in [0.05, 0.1) is 5.69 Å². The monoisotopic (exact) mass is 440 g/mol. The summed E-state index contributed by atoms with van der Waals surface area (Å²) >= 11 is 1.59. The van der Waals surface area contributed by atoms with Crippen molar-refractivity contribution in [3.63, 3.8) is 0 Å². The summed E-state index contributed by atoms with van der Waals surface area (Å²) in [7, 11) is 1.59.